The number of ether oxygens (including phenoxy) is 1. The molecule has 0 aromatic heterocycles. The van der Waals surface area contributed by atoms with Gasteiger partial charge in [0.2, 0.25) is 0 Å². The molecule has 1 atom stereocenters. The second-order valence-corrected chi connectivity index (χ2v) is 1.32. The van der Waals surface area contributed by atoms with Crippen molar-refractivity contribution in [1.29, 1.82) is 0 Å². The minimum absolute atomic E-state index is 0.808. The average Bonchev–Trinajstić information content (AvgIpc) is 1.65. The summed E-state index contributed by atoms with van der Waals surface area (Å²) in [6.45, 7) is 3.04. The summed E-state index contributed by atoms with van der Waals surface area (Å²) in [6, 6.07) is 0. The summed E-state index contributed by atoms with van der Waals surface area (Å²) in [5.41, 5.74) is 0. The van der Waals surface area contributed by atoms with Crippen LogP contribution in [-0.2, 0) is 4.74 Å². The first-order valence-corrected chi connectivity index (χ1v) is 2.24. The molecule has 0 bridgehead atoms. The number of aliphatic hydroxyl groups excluding tert-OH is 1. The molecule has 0 saturated heterocycles. The molecule has 0 aromatic rings. The lowest BCUT2D eigenvalue weighted by Crippen LogP contribution is -2.07. The quantitative estimate of drug-likeness (QED) is 0.458. The van der Waals surface area contributed by atoms with Gasteiger partial charge in [0.1, 0.15) is 0 Å². The van der Waals surface area contributed by atoms with Crippen LogP contribution in [0.25, 0.3) is 0 Å². The minimum atomic E-state index is -1.70. The summed E-state index contributed by atoms with van der Waals surface area (Å²) < 4.78 is 15.7. The third-order valence-corrected chi connectivity index (χ3v) is 0.495. The van der Waals surface area contributed by atoms with Crippen molar-refractivity contribution in [3.63, 3.8) is 0 Å². The summed E-state index contributed by atoms with van der Waals surface area (Å²) >= 11 is 3.98. The van der Waals surface area contributed by atoms with E-state index in [4.69, 9.17) is 5.11 Å². The van der Waals surface area contributed by atoms with E-state index in [2.05, 4.69) is 23.5 Å². The van der Waals surface area contributed by atoms with E-state index in [0.29, 0.717) is 0 Å². The summed E-state index contributed by atoms with van der Waals surface area (Å²) in [4.78, 5) is 0. The Balaban J connectivity index is 3.38. The van der Waals surface area contributed by atoms with E-state index in [1.807, 2.05) is 0 Å². The van der Waals surface area contributed by atoms with Gasteiger partial charge in [-0.25, -0.2) is 0 Å². The van der Waals surface area contributed by atoms with E-state index in [1.54, 1.807) is 0 Å². The van der Waals surface area contributed by atoms with Gasteiger partial charge in [0.25, 0.3) is 6.36 Å². The fourth-order valence-electron chi connectivity index (χ4n) is 0.144. The second-order valence-electron chi connectivity index (χ2n) is 0.971. The van der Waals surface area contributed by atoms with Gasteiger partial charge in [-0.1, -0.05) is 6.58 Å². The lowest BCUT2D eigenvalue weighted by atomic mass is 10.7. The molecule has 0 aliphatic carbocycles. The molecule has 8 heavy (non-hydrogen) atoms. The molecule has 0 aliphatic rings. The van der Waals surface area contributed by atoms with Gasteiger partial charge in [0.15, 0.2) is 0 Å². The number of aliphatic hydroxyl groups is 1. The highest BCUT2D eigenvalue weighted by Crippen LogP contribution is 1.93. The van der Waals surface area contributed by atoms with E-state index >= 15 is 0 Å². The molecule has 1 N–H and O–H groups in total. The molecule has 46 valence electrons. The summed E-state index contributed by atoms with van der Waals surface area (Å²) in [6.07, 6.45) is -0.824. The van der Waals surface area contributed by atoms with Crippen LogP contribution in [0, 0.1) is 0 Å². The summed E-state index contributed by atoms with van der Waals surface area (Å²) in [5.74, 6) is 0. The topological polar surface area (TPSA) is 29.5 Å². The Morgan fingerprint density at radius 2 is 2.50 bits per heavy atom. The maximum Gasteiger partial charge on any atom is 0.352 e. The molecule has 0 rings (SSSR count). The first kappa shape index (κ1) is 7.36. The Hall–Kier alpha value is -0.640. The highest BCUT2D eigenvalue weighted by molar-refractivity contribution is 7.79. The van der Waals surface area contributed by atoms with Crippen LogP contribution in [0.5, 0.6) is 0 Å². The lowest BCUT2D eigenvalue weighted by Gasteiger charge is -2.00. The Kier molecular flexibility index (Phi) is 3.10. The standard InChI is InChI=1S/C4H5FO2S/c1-2-3(5)7-4(6)8/h2-3H,1H2,(H,6,8)/t3-/m1/s1. The lowest BCUT2D eigenvalue weighted by molar-refractivity contribution is 0.0782. The number of hydrogen-bond acceptors (Lipinski definition) is 2. The predicted molar refractivity (Wildman–Crippen MR) is 31.4 cm³/mol. The fourth-order valence-corrected chi connectivity index (χ4v) is 0.236. The molecule has 0 aliphatic heterocycles. The molecular weight excluding hydrogens is 131 g/mol. The smallest absolute Gasteiger partial charge is 0.352 e. The van der Waals surface area contributed by atoms with Crippen LogP contribution in [0.3, 0.4) is 0 Å². The number of alkyl halides is 1. The van der Waals surface area contributed by atoms with Gasteiger partial charge in [-0.3, -0.25) is 0 Å². The molecule has 0 amide bonds. The molecule has 0 fully saturated rings. The van der Waals surface area contributed by atoms with Crippen molar-refractivity contribution in [1.82, 2.24) is 0 Å². The Labute approximate surface area is 51.6 Å². The van der Waals surface area contributed by atoms with Crippen molar-refractivity contribution in [3.05, 3.63) is 12.7 Å². The maximum absolute atomic E-state index is 11.8. The second kappa shape index (κ2) is 3.37. The third-order valence-electron chi connectivity index (χ3n) is 0.399. The zero-order valence-corrected chi connectivity index (χ0v) is 4.82. The molecule has 0 radical (unpaired) electrons. The van der Waals surface area contributed by atoms with E-state index in [1.165, 1.54) is 0 Å². The highest BCUT2D eigenvalue weighted by Gasteiger charge is 2.00. The summed E-state index contributed by atoms with van der Waals surface area (Å²) in [5, 5.41) is 7.27. The first-order chi connectivity index (χ1) is 3.66. The molecule has 0 unspecified atom stereocenters. The molecular formula is C4H5FO2S. The van der Waals surface area contributed by atoms with Gasteiger partial charge >= 0.3 is 5.24 Å². The summed E-state index contributed by atoms with van der Waals surface area (Å²) in [7, 11) is 0. The zero-order chi connectivity index (χ0) is 6.57. The first-order valence-electron chi connectivity index (χ1n) is 1.83. The van der Waals surface area contributed by atoms with E-state index in [9.17, 15) is 4.39 Å². The van der Waals surface area contributed by atoms with Gasteiger partial charge in [0, 0.05) is 12.2 Å². The molecule has 0 saturated carbocycles. The van der Waals surface area contributed by atoms with Crippen LogP contribution in [0.15, 0.2) is 12.7 Å². The number of rotatable bonds is 2. The normalized spacial score (nSPS) is 12.1. The van der Waals surface area contributed by atoms with Gasteiger partial charge in [-0.2, -0.15) is 4.39 Å². The Morgan fingerprint density at radius 3 is 2.62 bits per heavy atom. The van der Waals surface area contributed by atoms with Gasteiger partial charge in [-0.15, -0.1) is 0 Å². The van der Waals surface area contributed by atoms with Crippen LogP contribution >= 0.6 is 12.2 Å². The SMILES string of the molecule is C=C[C@H](F)OC(O)=S. The minimum Gasteiger partial charge on any atom is -0.472 e. The highest BCUT2D eigenvalue weighted by atomic mass is 32.1. The van der Waals surface area contributed by atoms with Crippen LogP contribution in [-0.4, -0.2) is 16.7 Å². The molecule has 0 aromatic carbocycles. The van der Waals surface area contributed by atoms with Crippen molar-refractivity contribution in [2.24, 2.45) is 0 Å². The third kappa shape index (κ3) is 3.55. The number of hydrogen-bond donors (Lipinski definition) is 1. The number of thiocarbonyl (C=S) groups is 1. The fraction of sp³-hybridized carbons (Fsp3) is 0.250. The van der Waals surface area contributed by atoms with E-state index in [0.717, 1.165) is 6.08 Å². The van der Waals surface area contributed by atoms with Crippen LogP contribution in [0.4, 0.5) is 4.39 Å². The molecule has 0 heterocycles. The Morgan fingerprint density at radius 1 is 2.00 bits per heavy atom. The van der Waals surface area contributed by atoms with Gasteiger partial charge in [-0.05, 0) is 6.08 Å². The number of halogens is 1. The predicted octanol–water partition coefficient (Wildman–Crippen LogP) is 1.33. The van der Waals surface area contributed by atoms with Crippen molar-refractivity contribution >= 4 is 17.5 Å². The largest absolute Gasteiger partial charge is 0.472 e. The van der Waals surface area contributed by atoms with Crippen molar-refractivity contribution in [2.45, 2.75) is 6.36 Å². The van der Waals surface area contributed by atoms with Gasteiger partial charge in [0.05, 0.1) is 0 Å². The monoisotopic (exact) mass is 136 g/mol. The van der Waals surface area contributed by atoms with E-state index in [-0.39, 0.29) is 0 Å². The molecule has 4 heteroatoms. The Bertz CT molecular complexity index is 104. The average molecular weight is 136 g/mol. The van der Waals surface area contributed by atoms with Crippen molar-refractivity contribution in [2.75, 3.05) is 0 Å². The van der Waals surface area contributed by atoms with E-state index < -0.39 is 11.6 Å². The van der Waals surface area contributed by atoms with Crippen molar-refractivity contribution in [3.8, 4) is 0 Å². The van der Waals surface area contributed by atoms with Crippen LogP contribution in [0.1, 0.15) is 0 Å². The van der Waals surface area contributed by atoms with Crippen LogP contribution < -0.4 is 0 Å². The zero-order valence-electron chi connectivity index (χ0n) is 4.00. The van der Waals surface area contributed by atoms with Crippen LogP contribution in [0.2, 0.25) is 0 Å². The van der Waals surface area contributed by atoms with Gasteiger partial charge < -0.3 is 9.84 Å². The van der Waals surface area contributed by atoms with Crippen molar-refractivity contribution < 1.29 is 14.2 Å². The molecule has 2 nitrogen and oxygen atoms in total. The maximum atomic E-state index is 11.8. The molecule has 0 spiro atoms.